The lowest BCUT2D eigenvalue weighted by molar-refractivity contribution is -0.150. The van der Waals surface area contributed by atoms with Crippen LogP contribution in [0.15, 0.2) is 12.7 Å². The molecule has 0 spiro atoms. The molecule has 6 nitrogen and oxygen atoms in total. The van der Waals surface area contributed by atoms with Crippen LogP contribution >= 0.6 is 0 Å². The van der Waals surface area contributed by atoms with E-state index in [-0.39, 0.29) is 18.4 Å². The van der Waals surface area contributed by atoms with E-state index in [4.69, 9.17) is 0 Å². The van der Waals surface area contributed by atoms with Gasteiger partial charge in [-0.05, 0) is 38.0 Å². The molecule has 6 heteroatoms. The fourth-order valence-corrected chi connectivity index (χ4v) is 3.08. The Bertz CT molecular complexity index is 404. The van der Waals surface area contributed by atoms with Crippen LogP contribution in [0, 0.1) is 11.3 Å². The summed E-state index contributed by atoms with van der Waals surface area (Å²) >= 11 is 0. The van der Waals surface area contributed by atoms with E-state index in [0.29, 0.717) is 25.7 Å². The summed E-state index contributed by atoms with van der Waals surface area (Å²) in [5, 5.41) is 13.9. The standard InChI is InChI=1S/C13H18N2O4/c1-2-7-13(8-3-5-9(16)6-4-8)10(17)14-12(19)15-11(13)18/h2,8-9,16H,1,3-7H2,(H2,14,15,17,18,19). The molecule has 4 amide bonds. The molecule has 0 atom stereocenters. The minimum absolute atomic E-state index is 0.179. The summed E-state index contributed by atoms with van der Waals surface area (Å²) in [6.07, 6.45) is 3.66. The van der Waals surface area contributed by atoms with E-state index in [1.807, 2.05) is 0 Å². The highest BCUT2D eigenvalue weighted by Gasteiger charge is 2.54. The molecule has 2 rings (SSSR count). The summed E-state index contributed by atoms with van der Waals surface area (Å²) in [4.78, 5) is 35.6. The molecule has 0 aromatic rings. The summed E-state index contributed by atoms with van der Waals surface area (Å²) in [7, 11) is 0. The van der Waals surface area contributed by atoms with E-state index in [9.17, 15) is 19.5 Å². The number of allylic oxidation sites excluding steroid dienone is 1. The monoisotopic (exact) mass is 266 g/mol. The Hall–Kier alpha value is -1.69. The Labute approximate surface area is 111 Å². The highest BCUT2D eigenvalue weighted by molar-refractivity contribution is 6.19. The van der Waals surface area contributed by atoms with Crippen LogP contribution in [-0.2, 0) is 9.59 Å². The molecule has 3 N–H and O–H groups in total. The zero-order chi connectivity index (χ0) is 14.0. The summed E-state index contributed by atoms with van der Waals surface area (Å²) in [5.74, 6) is -1.29. The molecule has 1 aliphatic carbocycles. The predicted molar refractivity (Wildman–Crippen MR) is 66.9 cm³/mol. The Balaban J connectivity index is 2.31. The van der Waals surface area contributed by atoms with Gasteiger partial charge in [0.05, 0.1) is 6.10 Å². The fraction of sp³-hybridized carbons (Fsp3) is 0.615. The van der Waals surface area contributed by atoms with Crippen LogP contribution in [0.25, 0.3) is 0 Å². The van der Waals surface area contributed by atoms with Crippen LogP contribution in [0.2, 0.25) is 0 Å². The van der Waals surface area contributed by atoms with Crippen molar-refractivity contribution in [2.75, 3.05) is 0 Å². The van der Waals surface area contributed by atoms with Crippen molar-refractivity contribution < 1.29 is 19.5 Å². The second-order valence-corrected chi connectivity index (χ2v) is 5.21. The number of barbiturate groups is 1. The number of hydrogen-bond donors (Lipinski definition) is 3. The lowest BCUT2D eigenvalue weighted by atomic mass is 9.64. The van der Waals surface area contributed by atoms with Gasteiger partial charge in [0.15, 0.2) is 0 Å². The number of rotatable bonds is 3. The van der Waals surface area contributed by atoms with Gasteiger partial charge < -0.3 is 5.11 Å². The Morgan fingerprint density at radius 3 is 2.16 bits per heavy atom. The molecular weight excluding hydrogens is 248 g/mol. The Morgan fingerprint density at radius 2 is 1.68 bits per heavy atom. The topological polar surface area (TPSA) is 95.5 Å². The Kier molecular flexibility index (Phi) is 3.71. The van der Waals surface area contributed by atoms with Crippen LogP contribution < -0.4 is 10.6 Å². The number of urea groups is 1. The molecule has 1 heterocycles. The van der Waals surface area contributed by atoms with E-state index in [0.717, 1.165) is 0 Å². The van der Waals surface area contributed by atoms with Gasteiger partial charge >= 0.3 is 6.03 Å². The SMILES string of the molecule is C=CCC1(C2CCC(O)CC2)C(=O)NC(=O)NC1=O. The van der Waals surface area contributed by atoms with Crippen molar-refractivity contribution in [3.63, 3.8) is 0 Å². The molecule has 2 aliphatic rings. The maximum Gasteiger partial charge on any atom is 0.328 e. The van der Waals surface area contributed by atoms with Crippen molar-refractivity contribution in [3.8, 4) is 0 Å². The van der Waals surface area contributed by atoms with E-state index < -0.39 is 23.3 Å². The highest BCUT2D eigenvalue weighted by atomic mass is 16.3. The Morgan fingerprint density at radius 1 is 1.16 bits per heavy atom. The number of carbonyl (C=O) groups is 3. The largest absolute Gasteiger partial charge is 0.393 e. The normalized spacial score (nSPS) is 30.5. The van der Waals surface area contributed by atoms with Crippen molar-refractivity contribution in [3.05, 3.63) is 12.7 Å². The zero-order valence-corrected chi connectivity index (χ0v) is 10.6. The van der Waals surface area contributed by atoms with Crippen LogP contribution in [0.4, 0.5) is 4.79 Å². The predicted octanol–water partition coefficient (Wildman–Crippen LogP) is 0.466. The van der Waals surface area contributed by atoms with Crippen molar-refractivity contribution >= 4 is 17.8 Å². The van der Waals surface area contributed by atoms with Gasteiger partial charge in [-0.15, -0.1) is 6.58 Å². The second kappa shape index (κ2) is 5.13. The van der Waals surface area contributed by atoms with Gasteiger partial charge in [-0.25, -0.2) is 4.79 Å². The molecule has 1 saturated heterocycles. The van der Waals surface area contributed by atoms with Crippen LogP contribution in [0.5, 0.6) is 0 Å². The minimum atomic E-state index is -1.27. The van der Waals surface area contributed by atoms with Crippen molar-refractivity contribution in [1.29, 1.82) is 0 Å². The minimum Gasteiger partial charge on any atom is -0.393 e. The van der Waals surface area contributed by atoms with Crippen LogP contribution in [0.1, 0.15) is 32.1 Å². The van der Waals surface area contributed by atoms with Crippen LogP contribution in [0.3, 0.4) is 0 Å². The highest BCUT2D eigenvalue weighted by Crippen LogP contribution is 2.43. The van der Waals surface area contributed by atoms with E-state index in [2.05, 4.69) is 17.2 Å². The van der Waals surface area contributed by atoms with Crippen molar-refractivity contribution in [2.24, 2.45) is 11.3 Å². The summed E-state index contributed by atoms with van der Waals surface area (Å²) in [5.41, 5.74) is -1.27. The average molecular weight is 266 g/mol. The molecule has 0 bridgehead atoms. The third kappa shape index (κ3) is 2.28. The van der Waals surface area contributed by atoms with Gasteiger partial charge in [-0.2, -0.15) is 0 Å². The molecule has 0 radical (unpaired) electrons. The first-order chi connectivity index (χ1) is 9.00. The quantitative estimate of drug-likeness (QED) is 0.511. The molecule has 1 saturated carbocycles. The molecule has 0 aromatic heterocycles. The van der Waals surface area contributed by atoms with E-state index in [1.165, 1.54) is 6.08 Å². The summed E-state index contributed by atoms with van der Waals surface area (Å²) in [6.45, 7) is 3.60. The first-order valence-corrected chi connectivity index (χ1v) is 6.46. The zero-order valence-electron chi connectivity index (χ0n) is 10.6. The van der Waals surface area contributed by atoms with E-state index in [1.54, 1.807) is 0 Å². The van der Waals surface area contributed by atoms with Gasteiger partial charge in [-0.3, -0.25) is 20.2 Å². The average Bonchev–Trinajstić information content (AvgIpc) is 2.35. The number of nitrogens with one attached hydrogen (secondary N) is 2. The number of imide groups is 2. The number of amides is 4. The van der Waals surface area contributed by atoms with Crippen molar-refractivity contribution in [1.82, 2.24) is 10.6 Å². The molecular formula is C13H18N2O4. The molecule has 0 unspecified atom stereocenters. The fourth-order valence-electron chi connectivity index (χ4n) is 3.08. The third-order valence-electron chi connectivity index (χ3n) is 4.12. The second-order valence-electron chi connectivity index (χ2n) is 5.21. The van der Waals surface area contributed by atoms with Crippen LogP contribution in [-0.4, -0.2) is 29.1 Å². The number of carbonyl (C=O) groups excluding carboxylic acids is 3. The van der Waals surface area contributed by atoms with Gasteiger partial charge in [-0.1, -0.05) is 6.08 Å². The lowest BCUT2D eigenvalue weighted by Gasteiger charge is -2.42. The summed E-state index contributed by atoms with van der Waals surface area (Å²) in [6, 6.07) is -0.773. The number of aliphatic hydroxyl groups is 1. The summed E-state index contributed by atoms with van der Waals surface area (Å²) < 4.78 is 0. The van der Waals surface area contributed by atoms with Crippen molar-refractivity contribution in [2.45, 2.75) is 38.2 Å². The van der Waals surface area contributed by atoms with Gasteiger partial charge in [0, 0.05) is 0 Å². The smallest absolute Gasteiger partial charge is 0.328 e. The molecule has 104 valence electrons. The maximum absolute atomic E-state index is 12.2. The maximum atomic E-state index is 12.2. The number of aliphatic hydroxyl groups excluding tert-OH is 1. The third-order valence-corrected chi connectivity index (χ3v) is 4.12. The van der Waals surface area contributed by atoms with Gasteiger partial charge in [0.2, 0.25) is 11.8 Å². The lowest BCUT2D eigenvalue weighted by Crippen LogP contribution is -2.65. The molecule has 19 heavy (non-hydrogen) atoms. The van der Waals surface area contributed by atoms with Gasteiger partial charge in [0.1, 0.15) is 5.41 Å². The first-order valence-electron chi connectivity index (χ1n) is 6.46. The molecule has 0 aromatic carbocycles. The molecule has 1 aliphatic heterocycles. The number of hydrogen-bond acceptors (Lipinski definition) is 4. The van der Waals surface area contributed by atoms with Gasteiger partial charge in [0.25, 0.3) is 0 Å². The molecule has 2 fully saturated rings. The first kappa shape index (κ1) is 13.7. The van der Waals surface area contributed by atoms with E-state index >= 15 is 0 Å².